The first-order chi connectivity index (χ1) is 13.4. The molecule has 0 fully saturated rings. The maximum atomic E-state index is 13.5. The summed E-state index contributed by atoms with van der Waals surface area (Å²) in [5.74, 6) is -1.04. The molecule has 1 heterocycles. The van der Waals surface area contributed by atoms with Crippen molar-refractivity contribution in [1.29, 1.82) is 0 Å². The molecule has 7 heteroatoms. The molecule has 2 N–H and O–H groups in total. The number of hydrogen-bond donors (Lipinski definition) is 2. The molecule has 0 aliphatic carbocycles. The number of ether oxygens (including phenoxy) is 1. The van der Waals surface area contributed by atoms with Crippen LogP contribution in [0.1, 0.15) is 15.9 Å². The van der Waals surface area contributed by atoms with E-state index in [0.29, 0.717) is 38.5 Å². The lowest BCUT2D eigenvalue weighted by molar-refractivity contribution is 0.0695. The molecule has 0 saturated heterocycles. The molecule has 1 aromatic heterocycles. The second-order valence-corrected chi connectivity index (χ2v) is 6.69. The normalized spacial score (nSPS) is 11.0. The molecule has 0 radical (unpaired) electrons. The molecule has 0 aliphatic rings. The second-order valence-electron chi connectivity index (χ2n) is 6.29. The van der Waals surface area contributed by atoms with Crippen LogP contribution in [0.5, 0.6) is 11.8 Å². The Morgan fingerprint density at radius 2 is 2.00 bits per heavy atom. The molecule has 0 atom stereocenters. The lowest BCUT2D eigenvalue weighted by Gasteiger charge is -2.05. The number of nitrogens with zero attached hydrogens (tertiary/aromatic N) is 1. The summed E-state index contributed by atoms with van der Waals surface area (Å²) in [6, 6.07) is 14.5. The van der Waals surface area contributed by atoms with Crippen LogP contribution in [0.2, 0.25) is 5.02 Å². The Balaban J connectivity index is 1.71. The Hall–Kier alpha value is -3.38. The van der Waals surface area contributed by atoms with Gasteiger partial charge in [-0.2, -0.15) is 4.98 Å². The van der Waals surface area contributed by atoms with Crippen LogP contribution in [-0.4, -0.2) is 21.0 Å². The Labute approximate surface area is 164 Å². The van der Waals surface area contributed by atoms with Crippen molar-refractivity contribution in [3.8, 4) is 22.9 Å². The van der Waals surface area contributed by atoms with E-state index in [9.17, 15) is 14.3 Å². The average Bonchev–Trinajstić information content (AvgIpc) is 3.03. The number of benzene rings is 3. The maximum Gasteiger partial charge on any atom is 0.336 e. The Kier molecular flexibility index (Phi) is 4.49. The van der Waals surface area contributed by atoms with Crippen LogP contribution < -0.4 is 4.74 Å². The van der Waals surface area contributed by atoms with E-state index in [4.69, 9.17) is 16.3 Å². The zero-order valence-corrected chi connectivity index (χ0v) is 15.4. The molecule has 4 rings (SSSR count). The van der Waals surface area contributed by atoms with Crippen LogP contribution in [0.25, 0.3) is 22.2 Å². The Morgan fingerprint density at radius 3 is 2.75 bits per heavy atom. The first-order valence-electron chi connectivity index (χ1n) is 8.38. The number of aromatic carboxylic acids is 1. The summed E-state index contributed by atoms with van der Waals surface area (Å²) in [4.78, 5) is 18.7. The summed E-state index contributed by atoms with van der Waals surface area (Å²) in [5.41, 5.74) is 3.31. The highest BCUT2D eigenvalue weighted by molar-refractivity contribution is 6.34. The monoisotopic (exact) mass is 396 g/mol. The molecule has 140 valence electrons. The van der Waals surface area contributed by atoms with E-state index >= 15 is 0 Å². The van der Waals surface area contributed by atoms with Crippen molar-refractivity contribution in [2.75, 3.05) is 0 Å². The van der Waals surface area contributed by atoms with Gasteiger partial charge >= 0.3 is 5.97 Å². The highest BCUT2D eigenvalue weighted by Gasteiger charge is 2.13. The van der Waals surface area contributed by atoms with Crippen molar-refractivity contribution in [1.82, 2.24) is 9.97 Å². The Bertz CT molecular complexity index is 1220. The summed E-state index contributed by atoms with van der Waals surface area (Å²) >= 11 is 6.36. The first kappa shape index (κ1) is 18.0. The number of carboxylic acid groups (broad SMARTS) is 1. The van der Waals surface area contributed by atoms with E-state index in [-0.39, 0.29) is 17.4 Å². The zero-order chi connectivity index (χ0) is 19.8. The number of carbonyl (C=O) groups is 1. The molecule has 4 aromatic rings. The van der Waals surface area contributed by atoms with Gasteiger partial charge in [0.1, 0.15) is 11.6 Å². The zero-order valence-electron chi connectivity index (χ0n) is 14.7. The van der Waals surface area contributed by atoms with Crippen LogP contribution >= 0.6 is 11.6 Å². The highest BCUT2D eigenvalue weighted by Crippen LogP contribution is 2.33. The molecular formula is C21H14ClFN2O3. The lowest BCUT2D eigenvalue weighted by atomic mass is 10.0. The van der Waals surface area contributed by atoms with Crippen molar-refractivity contribution in [3.05, 3.63) is 76.6 Å². The quantitative estimate of drug-likeness (QED) is 0.455. The number of aryl methyl sites for hydroxylation is 1. The van der Waals surface area contributed by atoms with Crippen molar-refractivity contribution in [2.45, 2.75) is 6.92 Å². The summed E-state index contributed by atoms with van der Waals surface area (Å²) in [5, 5.41) is 9.68. The van der Waals surface area contributed by atoms with E-state index in [1.807, 2.05) is 0 Å². The second kappa shape index (κ2) is 6.98. The highest BCUT2D eigenvalue weighted by atomic mass is 35.5. The summed E-state index contributed by atoms with van der Waals surface area (Å²) in [6.45, 7) is 1.71. The van der Waals surface area contributed by atoms with Gasteiger partial charge in [0.2, 0.25) is 0 Å². The van der Waals surface area contributed by atoms with Crippen molar-refractivity contribution in [2.24, 2.45) is 0 Å². The number of rotatable bonds is 4. The molecule has 5 nitrogen and oxygen atoms in total. The van der Waals surface area contributed by atoms with Crippen LogP contribution in [0.15, 0.2) is 54.6 Å². The fourth-order valence-corrected chi connectivity index (χ4v) is 3.21. The standard InChI is InChI=1S/C21H14ClFN2O3/c1-11-5-6-14(8-15(11)20(26)27)28-21-24-18-9-16(17(22)10-19(18)25-21)12-3-2-4-13(23)7-12/h2-10H,1H3,(H,24,25)(H,26,27). The summed E-state index contributed by atoms with van der Waals surface area (Å²) in [6.07, 6.45) is 0. The van der Waals surface area contributed by atoms with Gasteiger partial charge in [0, 0.05) is 5.56 Å². The van der Waals surface area contributed by atoms with Gasteiger partial charge in [0.05, 0.1) is 21.6 Å². The molecule has 0 amide bonds. The van der Waals surface area contributed by atoms with E-state index in [0.717, 1.165) is 0 Å². The molecule has 0 spiro atoms. The lowest BCUT2D eigenvalue weighted by Crippen LogP contribution is -2.00. The van der Waals surface area contributed by atoms with Crippen molar-refractivity contribution >= 4 is 28.6 Å². The van der Waals surface area contributed by atoms with Gasteiger partial charge < -0.3 is 14.8 Å². The SMILES string of the molecule is Cc1ccc(Oc2nc3cc(-c4cccc(F)c4)c(Cl)cc3[nH]2)cc1C(=O)O. The molecule has 28 heavy (non-hydrogen) atoms. The van der Waals surface area contributed by atoms with Crippen LogP contribution in [0, 0.1) is 12.7 Å². The molecule has 3 aromatic carbocycles. The molecule has 0 bridgehead atoms. The molecule has 0 aliphatic heterocycles. The van der Waals surface area contributed by atoms with E-state index in [1.165, 1.54) is 18.2 Å². The van der Waals surface area contributed by atoms with Gasteiger partial charge in [0.15, 0.2) is 0 Å². The number of nitrogens with one attached hydrogen (secondary N) is 1. The van der Waals surface area contributed by atoms with Gasteiger partial charge in [0.25, 0.3) is 6.01 Å². The largest absolute Gasteiger partial charge is 0.478 e. The number of halogens is 2. The number of aromatic amines is 1. The predicted molar refractivity (Wildman–Crippen MR) is 105 cm³/mol. The van der Waals surface area contributed by atoms with E-state index in [1.54, 1.807) is 43.3 Å². The Morgan fingerprint density at radius 1 is 1.18 bits per heavy atom. The van der Waals surface area contributed by atoms with E-state index in [2.05, 4.69) is 9.97 Å². The summed E-state index contributed by atoms with van der Waals surface area (Å²) < 4.78 is 19.2. The van der Waals surface area contributed by atoms with Gasteiger partial charge in [-0.3, -0.25) is 0 Å². The average molecular weight is 397 g/mol. The first-order valence-corrected chi connectivity index (χ1v) is 8.75. The van der Waals surface area contributed by atoms with Crippen molar-refractivity contribution < 1.29 is 19.0 Å². The van der Waals surface area contributed by atoms with E-state index < -0.39 is 5.97 Å². The molecular weight excluding hydrogens is 383 g/mol. The van der Waals surface area contributed by atoms with Gasteiger partial charge in [-0.25, -0.2) is 9.18 Å². The molecule has 0 unspecified atom stereocenters. The number of carboxylic acids is 1. The summed E-state index contributed by atoms with van der Waals surface area (Å²) in [7, 11) is 0. The third-order valence-electron chi connectivity index (χ3n) is 4.34. The van der Waals surface area contributed by atoms with Crippen LogP contribution in [0.3, 0.4) is 0 Å². The number of imidazole rings is 1. The third kappa shape index (κ3) is 3.42. The van der Waals surface area contributed by atoms with Gasteiger partial charge in [-0.15, -0.1) is 0 Å². The van der Waals surface area contributed by atoms with Crippen LogP contribution in [-0.2, 0) is 0 Å². The van der Waals surface area contributed by atoms with Gasteiger partial charge in [-0.1, -0.05) is 29.8 Å². The minimum Gasteiger partial charge on any atom is -0.478 e. The number of aromatic nitrogens is 2. The fraction of sp³-hybridized carbons (Fsp3) is 0.0476. The van der Waals surface area contributed by atoms with Gasteiger partial charge in [-0.05, 0) is 54.4 Å². The van der Waals surface area contributed by atoms with Crippen LogP contribution in [0.4, 0.5) is 4.39 Å². The predicted octanol–water partition coefficient (Wildman–Crippen LogP) is 5.82. The maximum absolute atomic E-state index is 13.5. The van der Waals surface area contributed by atoms with Crippen molar-refractivity contribution in [3.63, 3.8) is 0 Å². The smallest absolute Gasteiger partial charge is 0.336 e. The molecule has 0 saturated carbocycles. The number of fused-ring (bicyclic) bond motifs is 1. The number of hydrogen-bond acceptors (Lipinski definition) is 3. The minimum atomic E-state index is -1.03. The topological polar surface area (TPSA) is 75.2 Å². The number of H-pyrrole nitrogens is 1. The fourth-order valence-electron chi connectivity index (χ4n) is 2.94. The minimum absolute atomic E-state index is 0.157. The third-order valence-corrected chi connectivity index (χ3v) is 4.65.